The molecule has 1 unspecified atom stereocenters. The molecule has 0 bridgehead atoms. The second kappa shape index (κ2) is 7.81. The van der Waals surface area contributed by atoms with Gasteiger partial charge in [-0.05, 0) is 42.0 Å². The Labute approximate surface area is 176 Å². The maximum atomic E-state index is 12.3. The van der Waals surface area contributed by atoms with Crippen LogP contribution in [0, 0.1) is 12.3 Å². The van der Waals surface area contributed by atoms with Crippen molar-refractivity contribution in [3.8, 4) is 34.6 Å². The zero-order valence-corrected chi connectivity index (χ0v) is 17.1. The Morgan fingerprint density at radius 3 is 2.27 bits per heavy atom. The van der Waals surface area contributed by atoms with E-state index in [0.29, 0.717) is 12.3 Å². The van der Waals surface area contributed by atoms with Gasteiger partial charge in [-0.25, -0.2) is 0 Å². The molecule has 0 amide bonds. The normalized spacial score (nSPS) is 15.3. The van der Waals surface area contributed by atoms with Gasteiger partial charge in [0.25, 0.3) is 0 Å². The molecule has 1 N–H and O–H groups in total. The minimum atomic E-state index is -1.01. The van der Waals surface area contributed by atoms with E-state index in [1.165, 1.54) is 0 Å². The summed E-state index contributed by atoms with van der Waals surface area (Å²) in [6, 6.07) is 16.2. The molecule has 30 heavy (non-hydrogen) atoms. The van der Waals surface area contributed by atoms with Crippen LogP contribution in [0.15, 0.2) is 54.7 Å². The zero-order chi connectivity index (χ0) is 21.3. The van der Waals surface area contributed by atoms with E-state index in [0.717, 1.165) is 40.7 Å². The summed E-state index contributed by atoms with van der Waals surface area (Å²) in [4.78, 5) is 12.3. The molecule has 1 heterocycles. The number of aliphatic hydroxyl groups excluding tert-OH is 1. The Morgan fingerprint density at radius 2 is 1.73 bits per heavy atom. The summed E-state index contributed by atoms with van der Waals surface area (Å²) in [6.07, 6.45) is 7.79. The van der Waals surface area contributed by atoms with Crippen molar-refractivity contribution in [2.24, 2.45) is 7.05 Å². The zero-order valence-electron chi connectivity index (χ0n) is 17.1. The number of esters is 1. The second-order valence-electron chi connectivity index (χ2n) is 7.59. The van der Waals surface area contributed by atoms with Crippen molar-refractivity contribution in [2.75, 3.05) is 6.61 Å². The summed E-state index contributed by atoms with van der Waals surface area (Å²) in [5.41, 5.74) is 5.05. The van der Waals surface area contributed by atoms with Crippen LogP contribution in [0.1, 0.15) is 37.1 Å². The molecule has 1 aliphatic rings. The number of aromatic nitrogens is 2. The highest BCUT2D eigenvalue weighted by atomic mass is 16.5. The van der Waals surface area contributed by atoms with E-state index < -0.39 is 11.5 Å². The summed E-state index contributed by atoms with van der Waals surface area (Å²) in [5, 5.41) is 14.3. The van der Waals surface area contributed by atoms with Gasteiger partial charge in [-0.1, -0.05) is 54.5 Å². The van der Waals surface area contributed by atoms with Gasteiger partial charge in [0.15, 0.2) is 6.10 Å². The number of nitrogens with zero attached hydrogens (tertiary/aromatic N) is 2. The van der Waals surface area contributed by atoms with E-state index >= 15 is 0 Å². The summed E-state index contributed by atoms with van der Waals surface area (Å²) in [5.74, 6) is 2.23. The summed E-state index contributed by atoms with van der Waals surface area (Å²) in [7, 11) is 1.76. The third-order valence-electron chi connectivity index (χ3n) is 5.78. The van der Waals surface area contributed by atoms with Gasteiger partial charge >= 0.3 is 5.97 Å². The van der Waals surface area contributed by atoms with E-state index in [9.17, 15) is 9.90 Å². The van der Waals surface area contributed by atoms with E-state index in [1.54, 1.807) is 17.9 Å². The van der Waals surface area contributed by atoms with E-state index in [4.69, 9.17) is 11.2 Å². The Bertz CT molecular complexity index is 1100. The molecular weight excluding hydrogens is 376 g/mol. The van der Waals surface area contributed by atoms with Crippen LogP contribution in [-0.4, -0.2) is 27.5 Å². The number of rotatable bonds is 6. The molecule has 0 aliphatic heterocycles. The van der Waals surface area contributed by atoms with Crippen LogP contribution in [0.3, 0.4) is 0 Å². The molecule has 1 saturated carbocycles. The van der Waals surface area contributed by atoms with Crippen LogP contribution in [0.25, 0.3) is 22.3 Å². The third-order valence-corrected chi connectivity index (χ3v) is 5.78. The number of ether oxygens (including phenoxy) is 1. The topological polar surface area (TPSA) is 64.3 Å². The van der Waals surface area contributed by atoms with Crippen molar-refractivity contribution in [2.45, 2.75) is 31.3 Å². The molecule has 5 nitrogen and oxygen atoms in total. The Morgan fingerprint density at radius 1 is 1.17 bits per heavy atom. The van der Waals surface area contributed by atoms with Crippen molar-refractivity contribution >= 4 is 5.97 Å². The van der Waals surface area contributed by atoms with E-state index in [-0.39, 0.29) is 5.97 Å². The molecule has 4 rings (SSSR count). The minimum absolute atomic E-state index is 0.122. The lowest BCUT2D eigenvalue weighted by atomic mass is 9.93. The third kappa shape index (κ3) is 3.40. The van der Waals surface area contributed by atoms with Crippen LogP contribution in [0.4, 0.5) is 0 Å². The number of hydrogen-bond donors (Lipinski definition) is 1. The van der Waals surface area contributed by atoms with Gasteiger partial charge in [0.1, 0.15) is 0 Å². The predicted molar refractivity (Wildman–Crippen MR) is 115 cm³/mol. The Hall–Kier alpha value is -3.36. The fraction of sp³-hybridized carbons (Fsp3) is 0.280. The monoisotopic (exact) mass is 400 g/mol. The molecule has 0 saturated heterocycles. The van der Waals surface area contributed by atoms with Gasteiger partial charge in [-0.15, -0.1) is 6.42 Å². The first-order valence-electron chi connectivity index (χ1n) is 10.0. The fourth-order valence-corrected chi connectivity index (χ4v) is 3.90. The lowest BCUT2D eigenvalue weighted by molar-refractivity contribution is -0.146. The molecule has 1 aromatic heterocycles. The number of hydrogen-bond acceptors (Lipinski definition) is 4. The molecule has 0 radical (unpaired) electrons. The number of terminal acetylenes is 1. The Kier molecular flexibility index (Phi) is 5.19. The van der Waals surface area contributed by atoms with E-state index in [2.05, 4.69) is 11.0 Å². The van der Waals surface area contributed by atoms with Crippen molar-refractivity contribution in [3.05, 3.63) is 66.0 Å². The largest absolute Gasteiger partial charge is 0.465 e. The summed E-state index contributed by atoms with van der Waals surface area (Å²) < 4.78 is 6.85. The quantitative estimate of drug-likeness (QED) is 0.502. The van der Waals surface area contributed by atoms with Crippen LogP contribution in [0.5, 0.6) is 0 Å². The highest BCUT2D eigenvalue weighted by Crippen LogP contribution is 2.49. The number of aliphatic hydroxyl groups is 1. The highest BCUT2D eigenvalue weighted by Gasteiger charge is 2.52. The van der Waals surface area contributed by atoms with Gasteiger partial charge in [-0.2, -0.15) is 5.10 Å². The van der Waals surface area contributed by atoms with Gasteiger partial charge in [0.2, 0.25) is 0 Å². The van der Waals surface area contributed by atoms with Gasteiger partial charge in [-0.3, -0.25) is 9.48 Å². The number of benzene rings is 2. The van der Waals surface area contributed by atoms with Crippen molar-refractivity contribution in [1.82, 2.24) is 9.78 Å². The van der Waals surface area contributed by atoms with Gasteiger partial charge in [0.05, 0.1) is 23.9 Å². The number of carbonyl (C=O) groups is 1. The SMILES string of the molecule is C#CC(O)c1c(-c2ccc(-c3ccc(C4(C(=O)OCC)CC4)cc3)cc2)cnn1C. The van der Waals surface area contributed by atoms with E-state index in [1.807, 2.05) is 55.5 Å². The van der Waals surface area contributed by atoms with Crippen molar-refractivity contribution < 1.29 is 14.6 Å². The fourth-order valence-electron chi connectivity index (χ4n) is 3.90. The van der Waals surface area contributed by atoms with Crippen LogP contribution >= 0.6 is 0 Å². The maximum absolute atomic E-state index is 12.3. The molecule has 1 aliphatic carbocycles. The lowest BCUT2D eigenvalue weighted by Crippen LogP contribution is -2.23. The maximum Gasteiger partial charge on any atom is 0.316 e. The standard InChI is InChI=1S/C25H24N2O3/c1-4-22(28)23-21(16-26-27(23)3)19-8-6-17(7-9-19)18-10-12-20(13-11-18)25(14-15-25)24(29)30-5-2/h1,6-13,16,22,28H,5,14-15H2,2-3H3. The first-order chi connectivity index (χ1) is 14.5. The molecule has 0 spiro atoms. The predicted octanol–water partition coefficient (Wildman–Crippen LogP) is 4.02. The molecule has 3 aromatic rings. The van der Waals surface area contributed by atoms with Crippen molar-refractivity contribution in [3.63, 3.8) is 0 Å². The Balaban J connectivity index is 1.57. The summed E-state index contributed by atoms with van der Waals surface area (Å²) >= 11 is 0. The molecule has 1 atom stereocenters. The number of carbonyl (C=O) groups excluding carboxylic acids is 1. The molecule has 2 aromatic carbocycles. The molecule has 152 valence electrons. The molecule has 5 heteroatoms. The average Bonchev–Trinajstić information content (AvgIpc) is 3.50. The first kappa shape index (κ1) is 19.9. The lowest BCUT2D eigenvalue weighted by Gasteiger charge is -2.15. The number of aryl methyl sites for hydroxylation is 1. The second-order valence-corrected chi connectivity index (χ2v) is 7.59. The van der Waals surface area contributed by atoms with Crippen molar-refractivity contribution in [1.29, 1.82) is 0 Å². The highest BCUT2D eigenvalue weighted by molar-refractivity contribution is 5.87. The van der Waals surface area contributed by atoms with Crippen LogP contribution < -0.4 is 0 Å². The smallest absolute Gasteiger partial charge is 0.316 e. The first-order valence-corrected chi connectivity index (χ1v) is 10.0. The van der Waals surface area contributed by atoms with Crippen LogP contribution in [-0.2, 0) is 22.0 Å². The average molecular weight is 400 g/mol. The minimum Gasteiger partial charge on any atom is -0.465 e. The summed E-state index contributed by atoms with van der Waals surface area (Å²) in [6.45, 7) is 2.24. The molecular formula is C25H24N2O3. The van der Waals surface area contributed by atoms with Gasteiger partial charge in [0, 0.05) is 12.6 Å². The van der Waals surface area contributed by atoms with Gasteiger partial charge < -0.3 is 9.84 Å². The molecule has 1 fully saturated rings. The van der Waals surface area contributed by atoms with Crippen LogP contribution in [0.2, 0.25) is 0 Å².